The van der Waals surface area contributed by atoms with Gasteiger partial charge in [-0.25, -0.2) is 4.98 Å². The predicted molar refractivity (Wildman–Crippen MR) is 162 cm³/mol. The van der Waals surface area contributed by atoms with Crippen LogP contribution in [-0.4, -0.2) is 35.0 Å². The van der Waals surface area contributed by atoms with E-state index in [4.69, 9.17) is 9.47 Å². The molecule has 9 heteroatoms. The van der Waals surface area contributed by atoms with Crippen LogP contribution in [0.3, 0.4) is 0 Å². The Balaban J connectivity index is 1.62. The fraction of sp³-hybridized carbons (Fsp3) is 0.233. The summed E-state index contributed by atoms with van der Waals surface area (Å²) in [7, 11) is 0. The molecular formula is C30H27IN2O5S. The van der Waals surface area contributed by atoms with Gasteiger partial charge in [-0.15, -0.1) is 0 Å². The van der Waals surface area contributed by atoms with Gasteiger partial charge in [0.25, 0.3) is 5.78 Å². The van der Waals surface area contributed by atoms with Crippen molar-refractivity contribution in [3.63, 3.8) is 0 Å². The number of amides is 1. The van der Waals surface area contributed by atoms with Crippen LogP contribution in [0.1, 0.15) is 43.9 Å². The third-order valence-electron chi connectivity index (χ3n) is 6.37. The number of carbonyl (C=O) groups excluding carboxylic acids is 2. The number of hydrogen-bond donors (Lipinski definition) is 1. The number of halogens is 1. The Hall–Kier alpha value is -3.44. The molecule has 0 radical (unpaired) electrons. The quantitative estimate of drug-likeness (QED) is 0.0681. The van der Waals surface area contributed by atoms with E-state index in [2.05, 4.69) is 34.5 Å². The summed E-state index contributed by atoms with van der Waals surface area (Å²) in [5, 5.41) is 11.9. The maximum atomic E-state index is 13.5. The molecular weight excluding hydrogens is 627 g/mol. The second kappa shape index (κ2) is 11.7. The molecule has 0 bridgehead atoms. The largest absolute Gasteiger partial charge is 0.507 e. The number of thiazole rings is 1. The number of carbonyl (C=O) groups is 2. The van der Waals surface area contributed by atoms with Crippen LogP contribution in [0.5, 0.6) is 11.5 Å². The van der Waals surface area contributed by atoms with Gasteiger partial charge in [0.05, 0.1) is 35.0 Å². The smallest absolute Gasteiger partial charge is 0.301 e. The van der Waals surface area contributed by atoms with Gasteiger partial charge in [0.1, 0.15) is 17.3 Å². The Labute approximate surface area is 244 Å². The number of benzene rings is 3. The van der Waals surface area contributed by atoms with Crippen molar-refractivity contribution in [3.05, 3.63) is 87.0 Å². The zero-order valence-corrected chi connectivity index (χ0v) is 24.5. The third-order valence-corrected chi connectivity index (χ3v) is 8.11. The summed E-state index contributed by atoms with van der Waals surface area (Å²) >= 11 is 3.51. The molecule has 1 saturated heterocycles. The van der Waals surface area contributed by atoms with Gasteiger partial charge in [0.15, 0.2) is 5.13 Å². The van der Waals surface area contributed by atoms with Crippen molar-refractivity contribution in [3.8, 4) is 11.5 Å². The molecule has 39 heavy (non-hydrogen) atoms. The SMILES string of the molecule is CCCCOc1cccc(/C(O)=C2\C(=O)C(=O)N(c3nc4ccc(OCC)cc4s3)C2c2ccc(I)cc2)c1. The summed E-state index contributed by atoms with van der Waals surface area (Å²) in [5.74, 6) is -0.455. The zero-order valence-electron chi connectivity index (χ0n) is 21.5. The third kappa shape index (κ3) is 5.51. The number of Topliss-reactive ketones (excluding diaryl/α,β-unsaturated/α-hetero) is 1. The van der Waals surface area contributed by atoms with Gasteiger partial charge in [-0.05, 0) is 84.0 Å². The van der Waals surface area contributed by atoms with Crippen LogP contribution < -0.4 is 14.4 Å². The summed E-state index contributed by atoms with van der Waals surface area (Å²) in [6, 6.07) is 19.2. The van der Waals surface area contributed by atoms with E-state index in [0.29, 0.717) is 46.5 Å². The molecule has 1 N–H and O–H groups in total. The van der Waals surface area contributed by atoms with Gasteiger partial charge < -0.3 is 14.6 Å². The van der Waals surface area contributed by atoms with Gasteiger partial charge in [-0.3, -0.25) is 14.5 Å². The van der Waals surface area contributed by atoms with Crippen molar-refractivity contribution in [1.82, 2.24) is 4.98 Å². The average Bonchev–Trinajstić information content (AvgIpc) is 3.47. The van der Waals surface area contributed by atoms with E-state index >= 15 is 0 Å². The van der Waals surface area contributed by atoms with Crippen LogP contribution in [0, 0.1) is 3.57 Å². The van der Waals surface area contributed by atoms with Gasteiger partial charge in [-0.1, -0.05) is 48.9 Å². The van der Waals surface area contributed by atoms with Crippen LogP contribution in [0.4, 0.5) is 5.13 Å². The summed E-state index contributed by atoms with van der Waals surface area (Å²) in [5.41, 5.74) is 1.81. The summed E-state index contributed by atoms with van der Waals surface area (Å²) in [4.78, 5) is 33.1. The lowest BCUT2D eigenvalue weighted by atomic mass is 9.95. The van der Waals surface area contributed by atoms with Gasteiger partial charge in [-0.2, -0.15) is 0 Å². The number of aliphatic hydroxyl groups excluding tert-OH is 1. The van der Waals surface area contributed by atoms with Crippen LogP contribution in [0.15, 0.2) is 72.3 Å². The zero-order chi connectivity index (χ0) is 27.5. The van der Waals surface area contributed by atoms with E-state index in [0.717, 1.165) is 21.1 Å². The number of ether oxygens (including phenoxy) is 2. The van der Waals surface area contributed by atoms with Crippen LogP contribution in [0.2, 0.25) is 0 Å². The molecule has 0 saturated carbocycles. The lowest BCUT2D eigenvalue weighted by molar-refractivity contribution is -0.132. The molecule has 1 amide bonds. The average molecular weight is 655 g/mol. The Morgan fingerprint density at radius 1 is 1.03 bits per heavy atom. The summed E-state index contributed by atoms with van der Waals surface area (Å²) in [6.45, 7) is 5.08. The number of aliphatic hydroxyl groups is 1. The molecule has 1 aliphatic heterocycles. The molecule has 3 aromatic carbocycles. The molecule has 1 atom stereocenters. The summed E-state index contributed by atoms with van der Waals surface area (Å²) < 4.78 is 13.3. The molecule has 0 spiro atoms. The maximum absolute atomic E-state index is 13.5. The standard InChI is InChI=1S/C30H27IN2O5S/c1-3-5-15-38-21-8-6-7-19(16-21)27(34)25-26(18-9-11-20(31)12-10-18)33(29(36)28(25)35)30-32-23-14-13-22(37-4-2)17-24(23)39-30/h6-14,16-17,26,34H,3-5,15H2,1-2H3/b27-25+. The number of fused-ring (bicyclic) bond motifs is 1. The lowest BCUT2D eigenvalue weighted by Gasteiger charge is -2.23. The minimum absolute atomic E-state index is 0.0150. The van der Waals surface area contributed by atoms with E-state index in [1.54, 1.807) is 24.3 Å². The highest BCUT2D eigenvalue weighted by Crippen LogP contribution is 2.45. The van der Waals surface area contributed by atoms with E-state index in [1.807, 2.05) is 49.4 Å². The molecule has 1 aromatic heterocycles. The maximum Gasteiger partial charge on any atom is 0.301 e. The molecule has 5 rings (SSSR count). The minimum Gasteiger partial charge on any atom is -0.507 e. The lowest BCUT2D eigenvalue weighted by Crippen LogP contribution is -2.29. The first kappa shape index (κ1) is 27.1. The van der Waals surface area contributed by atoms with Gasteiger partial charge >= 0.3 is 5.91 Å². The molecule has 7 nitrogen and oxygen atoms in total. The van der Waals surface area contributed by atoms with Crippen molar-refractivity contribution < 1.29 is 24.2 Å². The Morgan fingerprint density at radius 3 is 2.54 bits per heavy atom. The molecule has 1 unspecified atom stereocenters. The van der Waals surface area contributed by atoms with Crippen LogP contribution in [-0.2, 0) is 9.59 Å². The monoisotopic (exact) mass is 654 g/mol. The number of hydrogen-bond acceptors (Lipinski definition) is 7. The number of nitrogens with zero attached hydrogens (tertiary/aromatic N) is 2. The number of aromatic nitrogens is 1. The highest BCUT2D eigenvalue weighted by atomic mass is 127. The predicted octanol–water partition coefficient (Wildman–Crippen LogP) is 7.10. The van der Waals surface area contributed by atoms with Crippen molar-refractivity contribution >= 4 is 66.7 Å². The molecule has 1 fully saturated rings. The second-order valence-electron chi connectivity index (χ2n) is 9.01. The van der Waals surface area contributed by atoms with Crippen LogP contribution >= 0.6 is 33.9 Å². The van der Waals surface area contributed by atoms with E-state index in [-0.39, 0.29) is 11.3 Å². The fourth-order valence-corrected chi connectivity index (χ4v) is 5.85. The van der Waals surface area contributed by atoms with E-state index in [1.165, 1.54) is 16.2 Å². The van der Waals surface area contributed by atoms with Crippen molar-refractivity contribution in [2.45, 2.75) is 32.7 Å². The fourth-order valence-electron chi connectivity index (χ4n) is 4.47. The first-order valence-electron chi connectivity index (χ1n) is 12.7. The minimum atomic E-state index is -0.849. The topological polar surface area (TPSA) is 89.0 Å². The normalized spacial score (nSPS) is 16.7. The molecule has 1 aliphatic rings. The van der Waals surface area contributed by atoms with Gasteiger partial charge in [0, 0.05) is 9.13 Å². The van der Waals surface area contributed by atoms with Crippen molar-refractivity contribution in [2.75, 3.05) is 18.1 Å². The Kier molecular flexibility index (Phi) is 8.18. The summed E-state index contributed by atoms with van der Waals surface area (Å²) in [6.07, 6.45) is 1.90. The first-order valence-corrected chi connectivity index (χ1v) is 14.6. The highest BCUT2D eigenvalue weighted by molar-refractivity contribution is 14.1. The van der Waals surface area contributed by atoms with Crippen molar-refractivity contribution in [1.29, 1.82) is 0 Å². The molecule has 2 heterocycles. The van der Waals surface area contributed by atoms with E-state index in [9.17, 15) is 14.7 Å². The molecule has 4 aromatic rings. The number of ketones is 1. The molecule has 0 aliphatic carbocycles. The molecule has 200 valence electrons. The Bertz CT molecular complexity index is 1560. The van der Waals surface area contributed by atoms with Crippen molar-refractivity contribution in [2.24, 2.45) is 0 Å². The Morgan fingerprint density at radius 2 is 1.79 bits per heavy atom. The first-order chi connectivity index (χ1) is 18.9. The van der Waals surface area contributed by atoms with E-state index < -0.39 is 17.7 Å². The number of rotatable bonds is 9. The van der Waals surface area contributed by atoms with Crippen LogP contribution in [0.25, 0.3) is 16.0 Å². The second-order valence-corrected chi connectivity index (χ2v) is 11.3. The highest BCUT2D eigenvalue weighted by Gasteiger charge is 2.48. The van der Waals surface area contributed by atoms with Gasteiger partial charge in [0.2, 0.25) is 0 Å². The number of unbranched alkanes of at least 4 members (excludes halogenated alkanes) is 1. The number of anilines is 1.